The molecule has 0 saturated heterocycles. The number of quaternary nitrogens is 1. The van der Waals surface area contributed by atoms with Gasteiger partial charge >= 0.3 is 0 Å². The third-order valence-corrected chi connectivity index (χ3v) is 5.13. The molecule has 5 N–H and O–H groups in total. The molecule has 0 bridgehead atoms. The maximum Gasteiger partial charge on any atom is 0.179 e. The van der Waals surface area contributed by atoms with Crippen molar-refractivity contribution in [3.8, 4) is 0 Å². The minimum absolute atomic E-state index is 0. The van der Waals surface area contributed by atoms with E-state index in [-0.39, 0.29) is 31.5 Å². The first kappa shape index (κ1) is 51.8. The van der Waals surface area contributed by atoms with Gasteiger partial charge in [-0.05, 0) is 44.4 Å². The molecule has 0 spiro atoms. The standard InChI is InChI=1S/C12H23NO.C7H13NO.C6H13ClO.C6H11N.2ClH/c1-3-9-13(10-4-2)11-7-5-6-8-12-14;1-3-5-8(7-9)6-4-2;7-5-3-1-2-4-6-8;1-3-5-7-6-4-2;;/h3-4,14H,1-2,5-12H2;3-4,9H,1-2,5-7H2;8H,1-6H2;3-4,7H,1-2,5-6H2;2*1H. The molecule has 0 aromatic heterocycles. The van der Waals surface area contributed by atoms with Gasteiger partial charge in [-0.1, -0.05) is 63.1 Å². The minimum Gasteiger partial charge on any atom is -1.00 e. The van der Waals surface area contributed by atoms with E-state index in [4.69, 9.17) is 26.9 Å². The second kappa shape index (κ2) is 54.2. The molecule has 0 aromatic rings. The highest BCUT2D eigenvalue weighted by Gasteiger charge is 1.99. The van der Waals surface area contributed by atoms with Crippen LogP contribution in [-0.4, -0.2) is 91.9 Å². The van der Waals surface area contributed by atoms with Crippen LogP contribution in [0.1, 0.15) is 51.4 Å². The van der Waals surface area contributed by atoms with E-state index in [0.29, 0.717) is 13.2 Å². The van der Waals surface area contributed by atoms with Gasteiger partial charge in [0, 0.05) is 45.3 Å². The smallest absolute Gasteiger partial charge is 0.179 e. The maximum atomic E-state index is 8.66. The van der Waals surface area contributed by atoms with E-state index in [1.54, 1.807) is 12.2 Å². The van der Waals surface area contributed by atoms with Gasteiger partial charge in [-0.3, -0.25) is 4.90 Å². The van der Waals surface area contributed by atoms with E-state index in [2.05, 4.69) is 49.7 Å². The molecule has 0 saturated carbocycles. The Kier molecular flexibility index (Phi) is 70.1. The molecular weight excluding hydrogens is 569 g/mol. The Labute approximate surface area is 265 Å². The molecule has 0 aliphatic rings. The highest BCUT2D eigenvalue weighted by Crippen LogP contribution is 2.01. The lowest BCUT2D eigenvalue weighted by Gasteiger charge is -2.18. The molecule has 0 aromatic carbocycles. The molecule has 40 heavy (non-hydrogen) atoms. The summed E-state index contributed by atoms with van der Waals surface area (Å²) >= 11 is 5.42. The summed E-state index contributed by atoms with van der Waals surface area (Å²) in [5.41, 5.74) is 0. The number of hydrogen-bond acceptors (Lipinski definition) is 5. The Morgan fingerprint density at radius 1 is 0.625 bits per heavy atom. The molecule has 0 aliphatic heterocycles. The summed E-state index contributed by atoms with van der Waals surface area (Å²) < 4.78 is 0. The van der Waals surface area contributed by atoms with Crippen molar-refractivity contribution in [3.63, 3.8) is 0 Å². The zero-order valence-electron chi connectivity index (χ0n) is 25.1. The van der Waals surface area contributed by atoms with Gasteiger partial charge in [-0.2, -0.15) is 0 Å². The Balaban J connectivity index is -0.0000000985. The molecule has 0 amide bonds. The molecule has 0 heterocycles. The monoisotopic (exact) mass is 629 g/mol. The summed E-state index contributed by atoms with van der Waals surface area (Å²) in [6.07, 6.45) is 19.8. The minimum atomic E-state index is 0. The SMILES string of the molecule is C=CCN(CC=C)CCCCCCO.C=CCNCC=C.C=CC[NH+](CO)CC=C.Cl.OCCCCCCCl.[Cl-]. The average Bonchev–Trinajstić information content (AvgIpc) is 2.92. The summed E-state index contributed by atoms with van der Waals surface area (Å²) in [5, 5.41) is 28.6. The first-order chi connectivity index (χ1) is 18.5. The molecule has 0 unspecified atom stereocenters. The van der Waals surface area contributed by atoms with Gasteiger partial charge < -0.3 is 37.9 Å². The van der Waals surface area contributed by atoms with Crippen molar-refractivity contribution in [2.24, 2.45) is 0 Å². The Morgan fingerprint density at radius 3 is 1.38 bits per heavy atom. The van der Waals surface area contributed by atoms with Crippen LogP contribution in [0.3, 0.4) is 0 Å². The van der Waals surface area contributed by atoms with Crippen LogP contribution in [0, 0.1) is 0 Å². The Bertz CT molecular complexity index is 479. The van der Waals surface area contributed by atoms with Crippen molar-refractivity contribution in [1.82, 2.24) is 10.2 Å². The Morgan fingerprint density at radius 2 is 1.05 bits per heavy atom. The Hall–Kier alpha value is -0.930. The summed E-state index contributed by atoms with van der Waals surface area (Å²) in [5.74, 6) is 0.755. The van der Waals surface area contributed by atoms with Gasteiger partial charge in [0.05, 0.1) is 13.1 Å². The van der Waals surface area contributed by atoms with Gasteiger partial charge in [0.15, 0.2) is 6.73 Å². The van der Waals surface area contributed by atoms with Crippen LogP contribution < -0.4 is 22.6 Å². The second-order valence-electron chi connectivity index (χ2n) is 8.43. The topological polar surface area (TPSA) is 80.4 Å². The summed E-state index contributed by atoms with van der Waals surface area (Å²) in [6, 6.07) is 0. The van der Waals surface area contributed by atoms with E-state index in [1.807, 2.05) is 24.3 Å². The molecule has 9 heteroatoms. The number of aliphatic hydroxyl groups is 3. The van der Waals surface area contributed by atoms with Crippen molar-refractivity contribution >= 4 is 24.0 Å². The highest BCUT2D eigenvalue weighted by molar-refractivity contribution is 6.17. The van der Waals surface area contributed by atoms with Crippen LogP contribution >= 0.6 is 24.0 Å². The molecule has 0 atom stereocenters. The normalized spacial score (nSPS) is 9.15. The van der Waals surface area contributed by atoms with Crippen molar-refractivity contribution in [2.75, 3.05) is 71.6 Å². The summed E-state index contributed by atoms with van der Waals surface area (Å²) in [4.78, 5) is 3.39. The molecule has 6 nitrogen and oxygen atoms in total. The first-order valence-corrected chi connectivity index (χ1v) is 14.4. The number of unbranched alkanes of at least 4 members (excludes halogenated alkanes) is 6. The molecule has 0 aliphatic carbocycles. The third kappa shape index (κ3) is 57.1. The van der Waals surface area contributed by atoms with Crippen LogP contribution in [0.25, 0.3) is 0 Å². The number of halogens is 3. The van der Waals surface area contributed by atoms with Crippen LogP contribution in [0.15, 0.2) is 75.9 Å². The lowest BCUT2D eigenvalue weighted by molar-refractivity contribution is -0.907. The number of nitrogens with zero attached hydrogens (tertiary/aromatic N) is 1. The van der Waals surface area contributed by atoms with Crippen LogP contribution in [0.2, 0.25) is 0 Å². The second-order valence-corrected chi connectivity index (χ2v) is 8.81. The summed E-state index contributed by atoms with van der Waals surface area (Å²) in [6.45, 7) is 28.8. The number of nitrogens with one attached hydrogen (secondary N) is 2. The van der Waals surface area contributed by atoms with E-state index in [1.165, 1.54) is 12.8 Å². The van der Waals surface area contributed by atoms with E-state index >= 15 is 0 Å². The zero-order chi connectivity index (χ0) is 29.5. The van der Waals surface area contributed by atoms with Crippen molar-refractivity contribution < 1.29 is 32.6 Å². The van der Waals surface area contributed by atoms with E-state index in [9.17, 15) is 0 Å². The number of hydrogen-bond donors (Lipinski definition) is 5. The highest BCUT2D eigenvalue weighted by atomic mass is 35.5. The van der Waals surface area contributed by atoms with E-state index in [0.717, 1.165) is 95.1 Å². The predicted molar refractivity (Wildman–Crippen MR) is 177 cm³/mol. The van der Waals surface area contributed by atoms with Crippen molar-refractivity contribution in [1.29, 1.82) is 0 Å². The number of aliphatic hydroxyl groups excluding tert-OH is 3. The fourth-order valence-corrected chi connectivity index (χ4v) is 3.08. The quantitative estimate of drug-likeness (QED) is 0.0484. The fraction of sp³-hybridized carbons (Fsp3) is 0.613. The van der Waals surface area contributed by atoms with Crippen LogP contribution in [-0.2, 0) is 0 Å². The molecule has 0 radical (unpaired) electrons. The average molecular weight is 631 g/mol. The van der Waals surface area contributed by atoms with Crippen molar-refractivity contribution in [2.45, 2.75) is 51.4 Å². The van der Waals surface area contributed by atoms with Gasteiger partial charge in [0.1, 0.15) is 0 Å². The molecule has 0 fully saturated rings. The maximum absolute atomic E-state index is 8.66. The predicted octanol–water partition coefficient (Wildman–Crippen LogP) is 1.56. The lowest BCUT2D eigenvalue weighted by Crippen LogP contribution is -3.11. The van der Waals surface area contributed by atoms with Gasteiger partial charge in [0.25, 0.3) is 0 Å². The van der Waals surface area contributed by atoms with E-state index < -0.39 is 0 Å². The van der Waals surface area contributed by atoms with Gasteiger partial charge in [-0.25, -0.2) is 0 Å². The van der Waals surface area contributed by atoms with Crippen LogP contribution in [0.5, 0.6) is 0 Å². The largest absolute Gasteiger partial charge is 1.00 e. The number of alkyl halides is 1. The molecule has 0 rings (SSSR count). The zero-order valence-corrected chi connectivity index (χ0v) is 27.4. The number of rotatable bonds is 24. The van der Waals surface area contributed by atoms with Gasteiger partial charge in [0.2, 0.25) is 0 Å². The molecule has 240 valence electrons. The lowest BCUT2D eigenvalue weighted by atomic mass is 10.2. The third-order valence-electron chi connectivity index (χ3n) is 4.87. The van der Waals surface area contributed by atoms with Crippen LogP contribution in [0.4, 0.5) is 0 Å². The fourth-order valence-electron chi connectivity index (χ4n) is 2.89. The first-order valence-electron chi connectivity index (χ1n) is 13.8. The van der Waals surface area contributed by atoms with Gasteiger partial charge in [-0.15, -0.1) is 50.3 Å². The summed E-state index contributed by atoms with van der Waals surface area (Å²) in [7, 11) is 0. The molecular formula is C31H62Cl3N3O3. The van der Waals surface area contributed by atoms with Crippen molar-refractivity contribution in [3.05, 3.63) is 75.9 Å².